The van der Waals surface area contributed by atoms with Crippen molar-refractivity contribution in [1.29, 1.82) is 0 Å². The van der Waals surface area contributed by atoms with Gasteiger partial charge in [0.05, 0.1) is 6.10 Å². The van der Waals surface area contributed by atoms with E-state index in [4.69, 9.17) is 0 Å². The fourth-order valence-electron chi connectivity index (χ4n) is 1.49. The third-order valence-corrected chi connectivity index (χ3v) is 2.70. The first-order valence-corrected chi connectivity index (χ1v) is 5.85. The highest BCUT2D eigenvalue weighted by atomic mass is 16.3. The average Bonchev–Trinajstić information content (AvgIpc) is 2.32. The van der Waals surface area contributed by atoms with Crippen molar-refractivity contribution in [3.8, 4) is 0 Å². The maximum absolute atomic E-state index is 11.7. The number of nitrogens with one attached hydrogen (secondary N) is 1. The number of carbonyl (C=O) groups is 2. The standard InChI is InChI=1S/C11H19N3O3/c1-3-8(15)6-7-12-11(17)9-4-5-10(16)14(2)13-9/h8,15H,3-7H2,1-2H3,(H,12,17). The molecule has 17 heavy (non-hydrogen) atoms. The Morgan fingerprint density at radius 3 is 2.88 bits per heavy atom. The van der Waals surface area contributed by atoms with E-state index in [1.54, 1.807) is 0 Å². The molecule has 0 aromatic heterocycles. The lowest BCUT2D eigenvalue weighted by molar-refractivity contribution is -0.130. The maximum Gasteiger partial charge on any atom is 0.267 e. The third kappa shape index (κ3) is 4.14. The van der Waals surface area contributed by atoms with E-state index in [2.05, 4.69) is 10.4 Å². The van der Waals surface area contributed by atoms with Gasteiger partial charge in [-0.3, -0.25) is 9.59 Å². The molecule has 0 radical (unpaired) electrons. The number of hydrogen-bond donors (Lipinski definition) is 2. The van der Waals surface area contributed by atoms with Gasteiger partial charge < -0.3 is 10.4 Å². The molecule has 6 nitrogen and oxygen atoms in total. The molecule has 0 aromatic carbocycles. The summed E-state index contributed by atoms with van der Waals surface area (Å²) in [5.41, 5.74) is 0.373. The number of nitrogens with zero attached hydrogens (tertiary/aromatic N) is 2. The zero-order valence-corrected chi connectivity index (χ0v) is 10.3. The van der Waals surface area contributed by atoms with Crippen molar-refractivity contribution in [2.24, 2.45) is 5.10 Å². The summed E-state index contributed by atoms with van der Waals surface area (Å²) in [7, 11) is 1.54. The van der Waals surface area contributed by atoms with Crippen molar-refractivity contribution in [1.82, 2.24) is 10.3 Å². The van der Waals surface area contributed by atoms with Crippen LogP contribution in [0.3, 0.4) is 0 Å². The van der Waals surface area contributed by atoms with Crippen LogP contribution in [0.4, 0.5) is 0 Å². The van der Waals surface area contributed by atoms with Gasteiger partial charge in [0.15, 0.2) is 0 Å². The van der Waals surface area contributed by atoms with Gasteiger partial charge in [0.25, 0.3) is 5.91 Å². The van der Waals surface area contributed by atoms with Crippen molar-refractivity contribution in [3.05, 3.63) is 0 Å². The van der Waals surface area contributed by atoms with Crippen LogP contribution in [0.25, 0.3) is 0 Å². The summed E-state index contributed by atoms with van der Waals surface area (Å²) in [6, 6.07) is 0. The van der Waals surface area contributed by atoms with Crippen LogP contribution in [0, 0.1) is 0 Å². The summed E-state index contributed by atoms with van der Waals surface area (Å²) in [6.45, 7) is 2.31. The minimum absolute atomic E-state index is 0.0806. The van der Waals surface area contributed by atoms with Gasteiger partial charge in [-0.05, 0) is 12.8 Å². The Kier molecular flexibility index (Phi) is 5.09. The summed E-state index contributed by atoms with van der Waals surface area (Å²) in [6.07, 6.45) is 1.53. The third-order valence-electron chi connectivity index (χ3n) is 2.70. The second kappa shape index (κ2) is 6.34. The molecule has 0 saturated carbocycles. The molecule has 1 atom stereocenters. The van der Waals surface area contributed by atoms with Crippen LogP contribution < -0.4 is 5.32 Å². The molecule has 0 saturated heterocycles. The van der Waals surface area contributed by atoms with Crippen LogP contribution in [0.1, 0.15) is 32.6 Å². The molecule has 1 rings (SSSR count). The predicted octanol–water partition coefficient (Wildman–Crippen LogP) is -0.128. The van der Waals surface area contributed by atoms with Gasteiger partial charge in [-0.2, -0.15) is 5.10 Å². The molecule has 0 spiro atoms. The second-order valence-corrected chi connectivity index (χ2v) is 4.07. The van der Waals surface area contributed by atoms with Gasteiger partial charge in [0, 0.05) is 26.4 Å². The molecule has 1 unspecified atom stereocenters. The monoisotopic (exact) mass is 241 g/mol. The fraction of sp³-hybridized carbons (Fsp3) is 0.727. The summed E-state index contributed by atoms with van der Waals surface area (Å²) >= 11 is 0. The Hall–Kier alpha value is -1.43. The Morgan fingerprint density at radius 2 is 2.29 bits per heavy atom. The Balaban J connectivity index is 2.38. The maximum atomic E-state index is 11.7. The molecule has 1 aliphatic rings. The number of amides is 2. The molecule has 6 heteroatoms. The number of hydrazone groups is 1. The van der Waals surface area contributed by atoms with Crippen LogP contribution in [0.2, 0.25) is 0 Å². The zero-order valence-electron chi connectivity index (χ0n) is 10.3. The number of aliphatic hydroxyl groups excluding tert-OH is 1. The van der Waals surface area contributed by atoms with Crippen LogP contribution in [0.15, 0.2) is 5.10 Å². The van der Waals surface area contributed by atoms with Gasteiger partial charge >= 0.3 is 0 Å². The quantitative estimate of drug-likeness (QED) is 0.703. The van der Waals surface area contributed by atoms with E-state index in [-0.39, 0.29) is 17.9 Å². The highest BCUT2D eigenvalue weighted by molar-refractivity contribution is 6.39. The Labute approximate surface area is 101 Å². The van der Waals surface area contributed by atoms with Crippen molar-refractivity contribution in [2.75, 3.05) is 13.6 Å². The SMILES string of the molecule is CCC(O)CCNC(=O)C1=NN(C)C(=O)CC1. The van der Waals surface area contributed by atoms with Gasteiger partial charge in [0.1, 0.15) is 5.71 Å². The summed E-state index contributed by atoms with van der Waals surface area (Å²) in [5.74, 6) is -0.337. The lowest BCUT2D eigenvalue weighted by atomic mass is 10.1. The largest absolute Gasteiger partial charge is 0.393 e. The van der Waals surface area contributed by atoms with E-state index in [0.717, 1.165) is 0 Å². The van der Waals surface area contributed by atoms with Crippen LogP contribution in [-0.4, -0.2) is 47.3 Å². The van der Waals surface area contributed by atoms with Gasteiger partial charge in [-0.15, -0.1) is 0 Å². The van der Waals surface area contributed by atoms with E-state index in [1.807, 2.05) is 6.92 Å². The van der Waals surface area contributed by atoms with Gasteiger partial charge in [-0.25, -0.2) is 5.01 Å². The molecule has 0 fully saturated rings. The predicted molar refractivity (Wildman–Crippen MR) is 63.4 cm³/mol. The fourth-order valence-corrected chi connectivity index (χ4v) is 1.49. The molecule has 2 N–H and O–H groups in total. The second-order valence-electron chi connectivity index (χ2n) is 4.07. The number of carbonyl (C=O) groups excluding carboxylic acids is 2. The first-order valence-electron chi connectivity index (χ1n) is 5.85. The number of hydrogen-bond acceptors (Lipinski definition) is 4. The van der Waals surface area contributed by atoms with Gasteiger partial charge in [0.2, 0.25) is 5.91 Å². The lowest BCUT2D eigenvalue weighted by Crippen LogP contribution is -2.38. The Morgan fingerprint density at radius 1 is 1.59 bits per heavy atom. The van der Waals surface area contributed by atoms with E-state index in [1.165, 1.54) is 12.1 Å². The van der Waals surface area contributed by atoms with Crippen LogP contribution in [-0.2, 0) is 9.59 Å². The van der Waals surface area contributed by atoms with E-state index in [0.29, 0.717) is 37.9 Å². The molecule has 0 aliphatic carbocycles. The normalized spacial score (nSPS) is 17.7. The highest BCUT2D eigenvalue weighted by Gasteiger charge is 2.21. The first kappa shape index (κ1) is 13.6. The first-order chi connectivity index (χ1) is 8.04. The average molecular weight is 241 g/mol. The van der Waals surface area contributed by atoms with Crippen LogP contribution in [0.5, 0.6) is 0 Å². The van der Waals surface area contributed by atoms with Crippen LogP contribution >= 0.6 is 0 Å². The Bertz CT molecular complexity index is 328. The summed E-state index contributed by atoms with van der Waals surface area (Å²) < 4.78 is 0. The minimum atomic E-state index is -0.382. The lowest BCUT2D eigenvalue weighted by Gasteiger charge is -2.19. The molecular weight excluding hydrogens is 222 g/mol. The highest BCUT2D eigenvalue weighted by Crippen LogP contribution is 2.06. The summed E-state index contributed by atoms with van der Waals surface area (Å²) in [4.78, 5) is 22.8. The molecule has 2 amide bonds. The smallest absolute Gasteiger partial charge is 0.267 e. The molecule has 1 aliphatic heterocycles. The number of aliphatic hydroxyl groups is 1. The van der Waals surface area contributed by atoms with Gasteiger partial charge in [-0.1, -0.05) is 6.92 Å². The molecule has 0 bridgehead atoms. The molecule has 1 heterocycles. The van der Waals surface area contributed by atoms with E-state index >= 15 is 0 Å². The summed E-state index contributed by atoms with van der Waals surface area (Å²) in [5, 5.41) is 17.1. The van der Waals surface area contributed by atoms with Crippen molar-refractivity contribution in [2.45, 2.75) is 38.7 Å². The number of rotatable bonds is 5. The van der Waals surface area contributed by atoms with E-state index < -0.39 is 0 Å². The topological polar surface area (TPSA) is 82.0 Å². The van der Waals surface area contributed by atoms with Crippen molar-refractivity contribution < 1.29 is 14.7 Å². The van der Waals surface area contributed by atoms with Crippen molar-refractivity contribution in [3.63, 3.8) is 0 Å². The molecule has 0 aromatic rings. The van der Waals surface area contributed by atoms with Crippen molar-refractivity contribution >= 4 is 17.5 Å². The zero-order chi connectivity index (χ0) is 12.8. The van der Waals surface area contributed by atoms with E-state index in [9.17, 15) is 14.7 Å². The minimum Gasteiger partial charge on any atom is -0.393 e. The molecule has 96 valence electrons. The molecular formula is C11H19N3O3.